The number of nitrogens with one attached hydrogen (secondary N) is 1. The van der Waals surface area contributed by atoms with Gasteiger partial charge >= 0.3 is 0 Å². The van der Waals surface area contributed by atoms with E-state index in [9.17, 15) is 10.1 Å². The quantitative estimate of drug-likeness (QED) is 0.560. The van der Waals surface area contributed by atoms with Crippen molar-refractivity contribution in [1.29, 1.82) is 0 Å². The van der Waals surface area contributed by atoms with E-state index in [0.717, 1.165) is 16.6 Å². The maximum Gasteiger partial charge on any atom is 0.279 e. The Labute approximate surface area is 104 Å². The Kier molecular flexibility index (Phi) is 3.31. The highest BCUT2D eigenvalue weighted by Crippen LogP contribution is 2.30. The molecule has 1 heterocycles. The molecule has 96 valence electrons. The Morgan fingerprint density at radius 3 is 2.89 bits per heavy atom. The minimum atomic E-state index is -0.412. The number of nitrogens with zero attached hydrogens (tertiary/aromatic N) is 1. The van der Waals surface area contributed by atoms with E-state index >= 15 is 0 Å². The fraction of sp³-hybridized carbons (Fsp3) is 0.333. The number of aryl methyl sites for hydroxylation is 1. The van der Waals surface area contributed by atoms with Crippen molar-refractivity contribution < 1.29 is 10.0 Å². The Bertz CT molecular complexity index is 592. The molecule has 0 saturated carbocycles. The molecule has 1 atom stereocenters. The predicted octanol–water partition coefficient (Wildman–Crippen LogP) is 1.25. The van der Waals surface area contributed by atoms with Gasteiger partial charge in [0, 0.05) is 18.3 Å². The summed E-state index contributed by atoms with van der Waals surface area (Å²) in [6.45, 7) is 1.67. The number of hydrogen-bond acceptors (Lipinski definition) is 4. The summed E-state index contributed by atoms with van der Waals surface area (Å²) in [5, 5.41) is 20.6. The number of aliphatic hydroxyl groups excluding tert-OH is 1. The highest BCUT2D eigenvalue weighted by atomic mass is 16.6. The standard InChI is InChI=1S/C12H15N3O3/c1-7-2-10-12(11(3-7)15(17)18)8(5-14-10)4-9(13)6-16/h2-3,5,9,14,16H,4,6,13H2,1H3/t9-/m0/s1. The van der Waals surface area contributed by atoms with Gasteiger partial charge in [-0.1, -0.05) is 0 Å². The summed E-state index contributed by atoms with van der Waals surface area (Å²) in [4.78, 5) is 13.7. The second-order valence-corrected chi connectivity index (χ2v) is 4.42. The van der Waals surface area contributed by atoms with Gasteiger partial charge in [0.25, 0.3) is 5.69 Å². The third-order valence-electron chi connectivity index (χ3n) is 2.90. The zero-order chi connectivity index (χ0) is 13.3. The van der Waals surface area contributed by atoms with E-state index in [-0.39, 0.29) is 12.3 Å². The molecular formula is C12H15N3O3. The normalized spacial score (nSPS) is 12.8. The zero-order valence-corrected chi connectivity index (χ0v) is 10.0. The molecule has 6 nitrogen and oxygen atoms in total. The van der Waals surface area contributed by atoms with Gasteiger partial charge in [-0.2, -0.15) is 0 Å². The third-order valence-corrected chi connectivity index (χ3v) is 2.90. The van der Waals surface area contributed by atoms with Gasteiger partial charge in [0.05, 0.1) is 22.4 Å². The molecule has 0 fully saturated rings. The lowest BCUT2D eigenvalue weighted by molar-refractivity contribution is -0.383. The van der Waals surface area contributed by atoms with Crippen molar-refractivity contribution >= 4 is 16.6 Å². The largest absolute Gasteiger partial charge is 0.395 e. The molecule has 0 radical (unpaired) electrons. The number of aromatic amines is 1. The maximum atomic E-state index is 11.1. The van der Waals surface area contributed by atoms with Gasteiger partial charge < -0.3 is 15.8 Å². The van der Waals surface area contributed by atoms with Crippen molar-refractivity contribution in [2.75, 3.05) is 6.61 Å². The first kappa shape index (κ1) is 12.5. The fourth-order valence-electron chi connectivity index (χ4n) is 2.11. The maximum absolute atomic E-state index is 11.1. The predicted molar refractivity (Wildman–Crippen MR) is 68.5 cm³/mol. The molecule has 2 aromatic rings. The molecule has 1 aromatic carbocycles. The van der Waals surface area contributed by atoms with Crippen molar-refractivity contribution in [3.8, 4) is 0 Å². The minimum Gasteiger partial charge on any atom is -0.395 e. The van der Waals surface area contributed by atoms with Crippen LogP contribution in [0.5, 0.6) is 0 Å². The summed E-state index contributed by atoms with van der Waals surface area (Å²) < 4.78 is 0. The third kappa shape index (κ3) is 2.20. The van der Waals surface area contributed by atoms with Crippen molar-refractivity contribution in [3.63, 3.8) is 0 Å². The first-order valence-corrected chi connectivity index (χ1v) is 5.64. The van der Waals surface area contributed by atoms with Gasteiger partial charge in [0.2, 0.25) is 0 Å². The van der Waals surface area contributed by atoms with Crippen LogP contribution in [0.15, 0.2) is 18.3 Å². The molecule has 18 heavy (non-hydrogen) atoms. The van der Waals surface area contributed by atoms with Crippen LogP contribution >= 0.6 is 0 Å². The fourth-order valence-corrected chi connectivity index (χ4v) is 2.11. The minimum absolute atomic E-state index is 0.0754. The zero-order valence-electron chi connectivity index (χ0n) is 10.0. The summed E-state index contributed by atoms with van der Waals surface area (Å²) in [6, 6.07) is 2.99. The Hall–Kier alpha value is -1.92. The van der Waals surface area contributed by atoms with Crippen molar-refractivity contribution in [2.24, 2.45) is 5.73 Å². The number of nitro benzene ring substituents is 1. The number of rotatable bonds is 4. The highest BCUT2D eigenvalue weighted by Gasteiger charge is 2.18. The van der Waals surface area contributed by atoms with Gasteiger partial charge in [0.15, 0.2) is 0 Å². The summed E-state index contributed by atoms with van der Waals surface area (Å²) in [7, 11) is 0. The molecule has 0 aliphatic carbocycles. The van der Waals surface area contributed by atoms with Crippen LogP contribution < -0.4 is 5.73 Å². The van der Waals surface area contributed by atoms with Crippen LogP contribution in [0.2, 0.25) is 0 Å². The average Bonchev–Trinajstić information content (AvgIpc) is 2.70. The molecule has 6 heteroatoms. The number of fused-ring (bicyclic) bond motifs is 1. The van der Waals surface area contributed by atoms with Crippen LogP contribution in [-0.2, 0) is 6.42 Å². The lowest BCUT2D eigenvalue weighted by Crippen LogP contribution is -2.26. The van der Waals surface area contributed by atoms with E-state index in [1.54, 1.807) is 12.3 Å². The number of H-pyrrole nitrogens is 1. The second kappa shape index (κ2) is 4.75. The summed E-state index contributed by atoms with van der Waals surface area (Å²) in [5.41, 5.74) is 8.07. The van der Waals surface area contributed by atoms with Gasteiger partial charge in [-0.3, -0.25) is 10.1 Å². The lowest BCUT2D eigenvalue weighted by atomic mass is 10.0. The Balaban J connectivity index is 2.59. The van der Waals surface area contributed by atoms with E-state index < -0.39 is 11.0 Å². The van der Waals surface area contributed by atoms with Crippen LogP contribution in [-0.4, -0.2) is 27.7 Å². The molecule has 0 bridgehead atoms. The molecule has 1 aromatic heterocycles. The smallest absolute Gasteiger partial charge is 0.279 e. The Morgan fingerprint density at radius 2 is 2.28 bits per heavy atom. The van der Waals surface area contributed by atoms with Crippen LogP contribution in [0, 0.1) is 17.0 Å². The number of non-ortho nitro benzene ring substituents is 1. The molecule has 0 unspecified atom stereocenters. The molecule has 0 amide bonds. The molecule has 0 aliphatic heterocycles. The van der Waals surface area contributed by atoms with Crippen molar-refractivity contribution in [1.82, 2.24) is 4.98 Å². The van der Waals surface area contributed by atoms with Gasteiger partial charge in [-0.05, 0) is 30.5 Å². The van der Waals surface area contributed by atoms with Gasteiger partial charge in [0.1, 0.15) is 0 Å². The van der Waals surface area contributed by atoms with Crippen LogP contribution in [0.4, 0.5) is 5.69 Å². The molecular weight excluding hydrogens is 234 g/mol. The second-order valence-electron chi connectivity index (χ2n) is 4.42. The number of aromatic nitrogens is 1. The molecule has 0 saturated heterocycles. The summed E-state index contributed by atoms with van der Waals surface area (Å²) in [6.07, 6.45) is 2.12. The van der Waals surface area contributed by atoms with Crippen LogP contribution in [0.1, 0.15) is 11.1 Å². The molecule has 0 spiro atoms. The van der Waals surface area contributed by atoms with Gasteiger partial charge in [-0.25, -0.2) is 0 Å². The molecule has 4 N–H and O–H groups in total. The molecule has 0 aliphatic rings. The monoisotopic (exact) mass is 249 g/mol. The van der Waals surface area contributed by atoms with Gasteiger partial charge in [-0.15, -0.1) is 0 Å². The van der Waals surface area contributed by atoms with Crippen molar-refractivity contribution in [3.05, 3.63) is 39.6 Å². The lowest BCUT2D eigenvalue weighted by Gasteiger charge is -2.06. The van der Waals surface area contributed by atoms with E-state index in [1.807, 2.05) is 13.0 Å². The first-order chi connectivity index (χ1) is 8.52. The average molecular weight is 249 g/mol. The Morgan fingerprint density at radius 1 is 1.56 bits per heavy atom. The van der Waals surface area contributed by atoms with E-state index in [4.69, 9.17) is 10.8 Å². The van der Waals surface area contributed by atoms with E-state index in [1.165, 1.54) is 0 Å². The number of nitrogens with two attached hydrogens (primary N) is 1. The number of nitro groups is 1. The molecule has 2 rings (SSSR count). The number of hydrogen-bond donors (Lipinski definition) is 3. The van der Waals surface area contributed by atoms with E-state index in [2.05, 4.69) is 4.98 Å². The van der Waals surface area contributed by atoms with E-state index in [0.29, 0.717) is 11.8 Å². The number of benzene rings is 1. The number of aliphatic hydroxyl groups is 1. The van der Waals surface area contributed by atoms with Crippen LogP contribution in [0.3, 0.4) is 0 Å². The first-order valence-electron chi connectivity index (χ1n) is 5.64. The van der Waals surface area contributed by atoms with Crippen LogP contribution in [0.25, 0.3) is 10.9 Å². The SMILES string of the molecule is Cc1cc([N+](=O)[O-])c2c(C[C@H](N)CO)c[nH]c2c1. The highest BCUT2D eigenvalue weighted by molar-refractivity contribution is 5.92. The topological polar surface area (TPSA) is 105 Å². The van der Waals surface area contributed by atoms with Crippen molar-refractivity contribution in [2.45, 2.75) is 19.4 Å². The summed E-state index contributed by atoms with van der Waals surface area (Å²) >= 11 is 0. The summed E-state index contributed by atoms with van der Waals surface area (Å²) in [5.74, 6) is 0.